The Morgan fingerprint density at radius 2 is 1.96 bits per heavy atom. The van der Waals surface area contributed by atoms with Gasteiger partial charge in [-0.05, 0) is 35.7 Å². The van der Waals surface area contributed by atoms with Gasteiger partial charge in [-0.1, -0.05) is 11.2 Å². The molecule has 0 spiro atoms. The third-order valence-corrected chi connectivity index (χ3v) is 4.46. The van der Waals surface area contributed by atoms with Gasteiger partial charge in [0.15, 0.2) is 5.71 Å². The predicted octanol–water partition coefficient (Wildman–Crippen LogP) is 2.31. The number of benzene rings is 1. The summed E-state index contributed by atoms with van der Waals surface area (Å²) < 4.78 is 33.4. The lowest BCUT2D eigenvalue weighted by Gasteiger charge is -2.04. The number of hydrogen-bond acceptors (Lipinski definition) is 8. The van der Waals surface area contributed by atoms with E-state index >= 15 is 0 Å². The number of nitriles is 1. The minimum absolute atomic E-state index is 0.139. The van der Waals surface area contributed by atoms with E-state index in [1.165, 1.54) is 42.5 Å². The Morgan fingerprint density at radius 1 is 1.26 bits per heavy atom. The summed E-state index contributed by atoms with van der Waals surface area (Å²) in [7, 11) is -4.18. The maximum atomic E-state index is 12.0. The minimum Gasteiger partial charge on any atom is -0.427 e. The van der Waals surface area contributed by atoms with Crippen molar-refractivity contribution in [1.82, 2.24) is 0 Å². The fraction of sp³-hybridized carbons (Fsp3) is 0.0714. The van der Waals surface area contributed by atoms with Gasteiger partial charge in [0.25, 0.3) is 0 Å². The van der Waals surface area contributed by atoms with Crippen molar-refractivity contribution >= 4 is 33.1 Å². The zero-order valence-electron chi connectivity index (χ0n) is 11.8. The Morgan fingerprint density at radius 3 is 2.48 bits per heavy atom. The molecule has 0 N–H and O–H groups in total. The molecular formula is C14H10N2O5S2. The van der Waals surface area contributed by atoms with E-state index in [2.05, 4.69) is 9.44 Å². The van der Waals surface area contributed by atoms with Crippen LogP contribution in [-0.2, 0) is 19.2 Å². The maximum absolute atomic E-state index is 12.0. The van der Waals surface area contributed by atoms with Gasteiger partial charge >= 0.3 is 16.1 Å². The van der Waals surface area contributed by atoms with E-state index in [9.17, 15) is 13.2 Å². The lowest BCUT2D eigenvalue weighted by atomic mass is 10.3. The van der Waals surface area contributed by atoms with Crippen molar-refractivity contribution in [2.75, 3.05) is 0 Å². The second-order valence-corrected chi connectivity index (χ2v) is 6.60. The van der Waals surface area contributed by atoms with Gasteiger partial charge in [-0.15, -0.1) is 11.3 Å². The molecule has 1 aromatic heterocycles. The number of hydrogen-bond donors (Lipinski definition) is 0. The van der Waals surface area contributed by atoms with Crippen molar-refractivity contribution in [3.05, 3.63) is 46.7 Å². The Balaban J connectivity index is 2.19. The fourth-order valence-electron chi connectivity index (χ4n) is 1.50. The molecule has 0 amide bonds. The Kier molecular flexibility index (Phi) is 5.10. The third kappa shape index (κ3) is 4.38. The van der Waals surface area contributed by atoms with Gasteiger partial charge in [-0.3, -0.25) is 9.08 Å². The molecule has 7 nitrogen and oxygen atoms in total. The van der Waals surface area contributed by atoms with E-state index in [0.717, 1.165) is 0 Å². The number of thiophene rings is 1. The van der Waals surface area contributed by atoms with Crippen LogP contribution < -0.4 is 4.74 Å². The lowest BCUT2D eigenvalue weighted by Crippen LogP contribution is -2.06. The largest absolute Gasteiger partial charge is 0.427 e. The molecule has 0 unspecified atom stereocenters. The Hall–Kier alpha value is -2.70. The molecule has 0 aliphatic heterocycles. The van der Waals surface area contributed by atoms with Crippen LogP contribution in [0.4, 0.5) is 0 Å². The van der Waals surface area contributed by atoms with Crippen molar-refractivity contribution in [2.45, 2.75) is 11.8 Å². The molecule has 0 aliphatic carbocycles. The molecule has 0 radical (unpaired) electrons. The normalized spacial score (nSPS) is 11.6. The Bertz CT molecular complexity index is 863. The quantitative estimate of drug-likeness (QED) is 0.354. The van der Waals surface area contributed by atoms with Crippen LogP contribution >= 0.6 is 11.3 Å². The molecule has 9 heteroatoms. The van der Waals surface area contributed by atoms with Gasteiger partial charge in [-0.25, -0.2) is 0 Å². The molecule has 1 heterocycles. The highest BCUT2D eigenvalue weighted by atomic mass is 32.2. The van der Waals surface area contributed by atoms with Crippen molar-refractivity contribution in [3.8, 4) is 11.8 Å². The van der Waals surface area contributed by atoms with Gasteiger partial charge in [0.05, 0.1) is 4.88 Å². The molecule has 2 aromatic rings. The monoisotopic (exact) mass is 350 g/mol. The fourth-order valence-corrected chi connectivity index (χ4v) is 2.89. The molecular weight excluding hydrogens is 340 g/mol. The van der Waals surface area contributed by atoms with E-state index in [-0.39, 0.29) is 16.4 Å². The van der Waals surface area contributed by atoms with Crippen molar-refractivity contribution in [3.63, 3.8) is 0 Å². The summed E-state index contributed by atoms with van der Waals surface area (Å²) in [5.74, 6) is -0.313. The molecule has 0 fully saturated rings. The zero-order valence-corrected chi connectivity index (χ0v) is 13.4. The van der Waals surface area contributed by atoms with Crippen molar-refractivity contribution in [1.29, 1.82) is 5.26 Å². The first-order valence-corrected chi connectivity index (χ1v) is 8.45. The number of nitrogens with zero attached hydrogens (tertiary/aromatic N) is 2. The van der Waals surface area contributed by atoms with Crippen LogP contribution in [0.1, 0.15) is 11.8 Å². The average molecular weight is 350 g/mol. The second kappa shape index (κ2) is 7.04. The van der Waals surface area contributed by atoms with E-state index in [4.69, 9.17) is 10.00 Å². The molecule has 2 rings (SSSR count). The smallest absolute Gasteiger partial charge is 0.358 e. The SMILES string of the molecule is CC(=O)Oc1ccc(S(=O)(=O)O/N=C(\C#N)c2cccs2)cc1. The number of carbonyl (C=O) groups excluding carboxylic acids is 1. The van der Waals surface area contributed by atoms with Gasteiger partial charge in [0.2, 0.25) is 0 Å². The molecule has 0 saturated heterocycles. The van der Waals surface area contributed by atoms with E-state index < -0.39 is 16.1 Å². The minimum atomic E-state index is -4.18. The predicted molar refractivity (Wildman–Crippen MR) is 82.5 cm³/mol. The topological polar surface area (TPSA) is 106 Å². The van der Waals surface area contributed by atoms with Crippen LogP contribution in [-0.4, -0.2) is 20.1 Å². The average Bonchev–Trinajstić information content (AvgIpc) is 3.02. The van der Waals surface area contributed by atoms with Crippen molar-refractivity contribution < 1.29 is 22.2 Å². The van der Waals surface area contributed by atoms with Crippen LogP contribution in [0.2, 0.25) is 0 Å². The van der Waals surface area contributed by atoms with Crippen LogP contribution in [0, 0.1) is 11.3 Å². The van der Waals surface area contributed by atoms with Gasteiger partial charge in [0, 0.05) is 6.92 Å². The number of oxime groups is 1. The number of rotatable bonds is 5. The summed E-state index contributed by atoms with van der Waals surface area (Å²) in [6.45, 7) is 1.23. The molecule has 1 aromatic carbocycles. The summed E-state index contributed by atoms with van der Waals surface area (Å²) >= 11 is 1.23. The van der Waals surface area contributed by atoms with Gasteiger partial charge in [0.1, 0.15) is 16.7 Å². The number of esters is 1. The summed E-state index contributed by atoms with van der Waals surface area (Å²) in [5.41, 5.74) is -0.139. The molecule has 23 heavy (non-hydrogen) atoms. The first-order chi connectivity index (χ1) is 10.9. The third-order valence-electron chi connectivity index (χ3n) is 2.46. The van der Waals surface area contributed by atoms with E-state index in [1.54, 1.807) is 23.6 Å². The first-order valence-electron chi connectivity index (χ1n) is 6.16. The summed E-state index contributed by atoms with van der Waals surface area (Å²) in [6.07, 6.45) is 0. The zero-order chi connectivity index (χ0) is 16.9. The van der Waals surface area contributed by atoms with Crippen LogP contribution in [0.5, 0.6) is 5.75 Å². The molecule has 0 aliphatic rings. The van der Waals surface area contributed by atoms with Crippen LogP contribution in [0.3, 0.4) is 0 Å². The van der Waals surface area contributed by atoms with Crippen LogP contribution in [0.25, 0.3) is 0 Å². The van der Waals surface area contributed by atoms with E-state index in [1.807, 2.05) is 0 Å². The maximum Gasteiger partial charge on any atom is 0.358 e. The highest BCUT2D eigenvalue weighted by Gasteiger charge is 2.17. The van der Waals surface area contributed by atoms with Gasteiger partial charge in [-0.2, -0.15) is 13.7 Å². The van der Waals surface area contributed by atoms with Gasteiger partial charge < -0.3 is 4.74 Å². The summed E-state index contributed by atoms with van der Waals surface area (Å²) in [4.78, 5) is 11.1. The highest BCUT2D eigenvalue weighted by Crippen LogP contribution is 2.19. The lowest BCUT2D eigenvalue weighted by molar-refractivity contribution is -0.131. The van der Waals surface area contributed by atoms with Crippen LogP contribution in [0.15, 0.2) is 51.8 Å². The summed E-state index contributed by atoms with van der Waals surface area (Å²) in [6, 6.07) is 10.1. The second-order valence-electron chi connectivity index (χ2n) is 4.12. The van der Waals surface area contributed by atoms with E-state index in [0.29, 0.717) is 4.88 Å². The molecule has 0 atom stereocenters. The number of ether oxygens (including phenoxy) is 1. The molecule has 118 valence electrons. The van der Waals surface area contributed by atoms with Crippen molar-refractivity contribution in [2.24, 2.45) is 5.16 Å². The number of carbonyl (C=O) groups is 1. The first kappa shape index (κ1) is 16.7. The Labute approximate surface area is 136 Å². The molecule has 0 bridgehead atoms. The summed E-state index contributed by atoms with van der Waals surface area (Å²) in [5, 5.41) is 14.1. The standard InChI is InChI=1S/C14H10N2O5S2/c1-10(17)20-11-4-6-12(7-5-11)23(18,19)21-16-13(9-15)14-3-2-8-22-14/h2-8H,1H3/b16-13+. The highest BCUT2D eigenvalue weighted by molar-refractivity contribution is 7.86. The molecule has 0 saturated carbocycles.